The molecule has 2 aliphatic heterocycles. The Balaban J connectivity index is 1.55. The van der Waals surface area contributed by atoms with Crippen LogP contribution in [0.3, 0.4) is 0 Å². The normalized spacial score (nSPS) is 21.9. The Hall–Kier alpha value is -2.68. The van der Waals surface area contributed by atoms with Gasteiger partial charge in [0.1, 0.15) is 16.3 Å². The van der Waals surface area contributed by atoms with Crippen LogP contribution in [0.1, 0.15) is 30.3 Å². The van der Waals surface area contributed by atoms with E-state index in [-0.39, 0.29) is 11.9 Å². The number of nitrogens with zero attached hydrogens (tertiary/aromatic N) is 5. The lowest BCUT2D eigenvalue weighted by Crippen LogP contribution is -2.41. The smallest absolute Gasteiger partial charge is 0.275 e. The van der Waals surface area contributed by atoms with Gasteiger partial charge >= 0.3 is 0 Å². The van der Waals surface area contributed by atoms with E-state index < -0.39 is 0 Å². The Kier molecular flexibility index (Phi) is 4.00. The fourth-order valence-electron chi connectivity index (χ4n) is 3.02. The van der Waals surface area contributed by atoms with Crippen molar-refractivity contribution >= 4 is 35.6 Å². The summed E-state index contributed by atoms with van der Waals surface area (Å²) in [6.07, 6.45) is 3.53. The first-order valence-electron chi connectivity index (χ1n) is 8.16. The number of hydrogen-bond acceptors (Lipinski definition) is 7. The molecule has 25 heavy (non-hydrogen) atoms. The van der Waals surface area contributed by atoms with Crippen molar-refractivity contribution in [2.24, 2.45) is 5.10 Å². The van der Waals surface area contributed by atoms with Crippen molar-refractivity contribution in [1.82, 2.24) is 25.1 Å². The lowest BCUT2D eigenvalue weighted by Gasteiger charge is -2.22. The maximum absolute atomic E-state index is 12.8. The van der Waals surface area contributed by atoms with Gasteiger partial charge in [-0.25, -0.2) is 10.4 Å². The number of amides is 1. The van der Waals surface area contributed by atoms with Gasteiger partial charge in [-0.2, -0.15) is 5.10 Å². The largest absolute Gasteiger partial charge is 0.420 e. The highest BCUT2D eigenvalue weighted by Crippen LogP contribution is 2.23. The summed E-state index contributed by atoms with van der Waals surface area (Å²) in [6.45, 7) is 7.26. The Morgan fingerprint density at radius 2 is 2.44 bits per heavy atom. The number of nitrogens with one attached hydrogen (secondary N) is 1. The maximum atomic E-state index is 12.8. The van der Waals surface area contributed by atoms with Crippen molar-refractivity contribution in [2.45, 2.75) is 32.4 Å². The van der Waals surface area contributed by atoms with Gasteiger partial charge in [-0.15, -0.1) is 16.4 Å². The number of thiazole rings is 1. The molecule has 0 spiro atoms. The number of hydrogen-bond donors (Lipinski definition) is 1. The second kappa shape index (κ2) is 6.32. The minimum atomic E-state index is -0.189. The van der Waals surface area contributed by atoms with Crippen LogP contribution in [0.2, 0.25) is 0 Å². The summed E-state index contributed by atoms with van der Waals surface area (Å²) in [5, 5.41) is 9.24. The number of carbonyl (C=O) groups is 1. The molecule has 2 aromatic rings. The molecular weight excluding hydrogens is 340 g/mol. The first-order chi connectivity index (χ1) is 12.2. The van der Waals surface area contributed by atoms with E-state index in [4.69, 9.17) is 4.74 Å². The third kappa shape index (κ3) is 2.80. The minimum Gasteiger partial charge on any atom is -0.420 e. The molecule has 1 atom stereocenters. The Labute approximate surface area is 148 Å². The van der Waals surface area contributed by atoms with Gasteiger partial charge < -0.3 is 9.64 Å². The van der Waals surface area contributed by atoms with Gasteiger partial charge in [0.25, 0.3) is 5.91 Å². The van der Waals surface area contributed by atoms with E-state index in [2.05, 4.69) is 27.2 Å². The van der Waals surface area contributed by atoms with Crippen molar-refractivity contribution < 1.29 is 9.53 Å². The summed E-state index contributed by atoms with van der Waals surface area (Å²) in [6, 6.07) is 1.56. The lowest BCUT2D eigenvalue weighted by molar-refractivity contribution is 0.0755. The first-order valence-corrected chi connectivity index (χ1v) is 9.04. The molecule has 1 saturated heterocycles. The summed E-state index contributed by atoms with van der Waals surface area (Å²) in [5.74, 6) is 0.936. The first kappa shape index (κ1) is 15.8. The van der Waals surface area contributed by atoms with E-state index in [9.17, 15) is 4.79 Å². The van der Waals surface area contributed by atoms with Crippen LogP contribution in [0.4, 0.5) is 0 Å². The number of carbonyl (C=O) groups excluding carboxylic acids is 1. The number of rotatable bonds is 3. The Bertz CT molecular complexity index is 946. The Morgan fingerprint density at radius 1 is 1.56 bits per heavy atom. The average Bonchev–Trinajstić information content (AvgIpc) is 3.38. The molecule has 8 nitrogen and oxygen atoms in total. The van der Waals surface area contributed by atoms with E-state index in [1.165, 1.54) is 11.3 Å². The van der Waals surface area contributed by atoms with Crippen LogP contribution in [0, 0.1) is 0 Å². The standard InChI is InChI=1S/C16H18N6O2S/c1-3-21-8-6-11(20-21)16(23)22-7-4-5-12(22)14-18-19-15(24-14)13-10(2)17-9-25-13/h6,8-9,12,19H,2-5,7H2,1H3. The zero-order chi connectivity index (χ0) is 17.4. The molecule has 130 valence electrons. The van der Waals surface area contributed by atoms with Gasteiger partial charge in [0, 0.05) is 19.3 Å². The SMILES string of the molecule is C=c1ncsc1=C1NN=C(C2CCCN2C(=O)c2ccn(CC)n2)O1. The zero-order valence-electron chi connectivity index (χ0n) is 13.8. The highest BCUT2D eigenvalue weighted by Gasteiger charge is 2.37. The quantitative estimate of drug-likeness (QED) is 0.840. The van der Waals surface area contributed by atoms with E-state index in [1.54, 1.807) is 21.2 Å². The summed E-state index contributed by atoms with van der Waals surface area (Å²) in [4.78, 5) is 18.7. The van der Waals surface area contributed by atoms with Crippen LogP contribution in [-0.2, 0) is 11.3 Å². The summed E-state index contributed by atoms with van der Waals surface area (Å²) in [5.41, 5.74) is 5.06. The fourth-order valence-corrected chi connectivity index (χ4v) is 3.68. The van der Waals surface area contributed by atoms with Crippen LogP contribution < -0.4 is 15.3 Å². The molecule has 4 heterocycles. The third-order valence-corrected chi connectivity index (χ3v) is 5.17. The molecule has 9 heteroatoms. The van der Waals surface area contributed by atoms with Gasteiger partial charge in [0.05, 0.1) is 10.9 Å². The molecule has 0 aliphatic carbocycles. The van der Waals surface area contributed by atoms with E-state index in [1.807, 2.05) is 13.1 Å². The minimum absolute atomic E-state index is 0.0925. The summed E-state index contributed by atoms with van der Waals surface area (Å²) >= 11 is 1.44. The molecule has 1 fully saturated rings. The monoisotopic (exact) mass is 358 g/mol. The van der Waals surface area contributed by atoms with Crippen molar-refractivity contribution in [3.05, 3.63) is 33.3 Å². The molecule has 4 rings (SSSR count). The topological polar surface area (TPSA) is 84.6 Å². The van der Waals surface area contributed by atoms with Crippen molar-refractivity contribution in [2.75, 3.05) is 6.54 Å². The van der Waals surface area contributed by atoms with E-state index in [0.29, 0.717) is 29.4 Å². The van der Waals surface area contributed by atoms with Gasteiger partial charge in [-0.1, -0.05) is 6.58 Å². The predicted octanol–water partition coefficient (Wildman–Crippen LogP) is 0.0736. The summed E-state index contributed by atoms with van der Waals surface area (Å²) < 4.78 is 8.44. The third-order valence-electron chi connectivity index (χ3n) is 4.30. The molecular formula is C16H18N6O2S. The van der Waals surface area contributed by atoms with Gasteiger partial charge in [-0.05, 0) is 25.8 Å². The molecule has 1 N–H and O–H groups in total. The number of aryl methyl sites for hydroxylation is 1. The van der Waals surface area contributed by atoms with Crippen LogP contribution in [0.5, 0.6) is 0 Å². The highest BCUT2D eigenvalue weighted by atomic mass is 32.1. The van der Waals surface area contributed by atoms with Gasteiger partial charge in [-0.3, -0.25) is 9.48 Å². The highest BCUT2D eigenvalue weighted by molar-refractivity contribution is 7.07. The summed E-state index contributed by atoms with van der Waals surface area (Å²) in [7, 11) is 0. The van der Waals surface area contributed by atoms with Crippen LogP contribution in [-0.4, -0.2) is 44.1 Å². The number of ether oxygens (including phenoxy) is 1. The van der Waals surface area contributed by atoms with Crippen LogP contribution in [0.15, 0.2) is 22.9 Å². The Morgan fingerprint density at radius 3 is 3.16 bits per heavy atom. The predicted molar refractivity (Wildman–Crippen MR) is 93.9 cm³/mol. The molecule has 0 saturated carbocycles. The second-order valence-electron chi connectivity index (χ2n) is 5.83. The van der Waals surface area contributed by atoms with E-state index in [0.717, 1.165) is 23.9 Å². The number of aromatic nitrogens is 3. The van der Waals surface area contributed by atoms with Crippen molar-refractivity contribution in [1.29, 1.82) is 0 Å². The molecule has 2 aliphatic rings. The molecule has 0 aromatic carbocycles. The second-order valence-corrected chi connectivity index (χ2v) is 6.69. The van der Waals surface area contributed by atoms with Gasteiger partial charge in [0.2, 0.25) is 11.8 Å². The molecule has 2 aromatic heterocycles. The van der Waals surface area contributed by atoms with Crippen molar-refractivity contribution in [3.8, 4) is 0 Å². The zero-order valence-corrected chi connectivity index (χ0v) is 14.6. The number of hydrazone groups is 1. The fraction of sp³-hybridized carbons (Fsp3) is 0.375. The lowest BCUT2D eigenvalue weighted by atomic mass is 10.2. The van der Waals surface area contributed by atoms with E-state index >= 15 is 0 Å². The maximum Gasteiger partial charge on any atom is 0.275 e. The average molecular weight is 358 g/mol. The van der Waals surface area contributed by atoms with Crippen LogP contribution in [0.25, 0.3) is 12.5 Å². The van der Waals surface area contributed by atoms with Gasteiger partial charge in [0.15, 0.2) is 0 Å². The van der Waals surface area contributed by atoms with Crippen LogP contribution >= 0.6 is 11.3 Å². The van der Waals surface area contributed by atoms with Crippen molar-refractivity contribution in [3.63, 3.8) is 0 Å². The molecule has 0 bridgehead atoms. The number of likely N-dealkylation sites (tertiary alicyclic amines) is 1. The molecule has 0 radical (unpaired) electrons. The molecule has 1 unspecified atom stereocenters. The molecule has 1 amide bonds.